The third-order valence-electron chi connectivity index (χ3n) is 4.15. The first-order chi connectivity index (χ1) is 13.0. The Labute approximate surface area is 157 Å². The van der Waals surface area contributed by atoms with Crippen LogP contribution in [0.1, 0.15) is 5.56 Å². The Hall–Kier alpha value is -3.13. The van der Waals surface area contributed by atoms with Crippen LogP contribution in [0.3, 0.4) is 0 Å². The summed E-state index contributed by atoms with van der Waals surface area (Å²) in [5, 5.41) is 6.29. The molecule has 1 aromatic heterocycles. The van der Waals surface area contributed by atoms with E-state index >= 15 is 0 Å². The Morgan fingerprint density at radius 3 is 2.78 bits per heavy atom. The summed E-state index contributed by atoms with van der Waals surface area (Å²) in [5.41, 5.74) is 2.61. The number of ether oxygens (including phenoxy) is 1. The molecule has 1 aliphatic rings. The standard InChI is InChI=1S/C19H18N4O3S/c1-27(24,25)15-6-3-5-14(12-15)21-17-8-10-20-19(23-17)22-16-7-2-4-13-9-11-26-18(13)16/h2-8,10,12H,9,11H2,1H3,(H2,20,21,22,23). The Morgan fingerprint density at radius 2 is 1.93 bits per heavy atom. The lowest BCUT2D eigenvalue weighted by Crippen LogP contribution is -2.02. The molecule has 8 heteroatoms. The van der Waals surface area contributed by atoms with E-state index in [2.05, 4.69) is 20.6 Å². The summed E-state index contributed by atoms with van der Waals surface area (Å²) in [5.74, 6) is 1.80. The van der Waals surface area contributed by atoms with E-state index in [1.54, 1.807) is 36.5 Å². The molecule has 3 aromatic rings. The summed E-state index contributed by atoms with van der Waals surface area (Å²) >= 11 is 0. The zero-order chi connectivity index (χ0) is 18.9. The van der Waals surface area contributed by atoms with E-state index in [-0.39, 0.29) is 4.90 Å². The van der Waals surface area contributed by atoms with Crippen molar-refractivity contribution in [2.45, 2.75) is 11.3 Å². The van der Waals surface area contributed by atoms with Gasteiger partial charge in [0, 0.05) is 24.6 Å². The number of fused-ring (bicyclic) bond motifs is 1. The van der Waals surface area contributed by atoms with Crippen molar-refractivity contribution in [2.75, 3.05) is 23.5 Å². The first-order valence-electron chi connectivity index (χ1n) is 8.41. The Bertz CT molecular complexity index is 1100. The van der Waals surface area contributed by atoms with Gasteiger partial charge in [-0.3, -0.25) is 0 Å². The highest BCUT2D eigenvalue weighted by molar-refractivity contribution is 7.90. The lowest BCUT2D eigenvalue weighted by Gasteiger charge is -2.11. The second-order valence-corrected chi connectivity index (χ2v) is 8.22. The van der Waals surface area contributed by atoms with E-state index in [0.717, 1.165) is 23.4 Å². The van der Waals surface area contributed by atoms with E-state index in [1.165, 1.54) is 6.26 Å². The number of sulfone groups is 1. The molecule has 4 rings (SSSR count). The molecule has 0 fully saturated rings. The van der Waals surface area contributed by atoms with E-state index in [4.69, 9.17) is 4.74 Å². The molecule has 0 aliphatic carbocycles. The van der Waals surface area contributed by atoms with Gasteiger partial charge in [0.2, 0.25) is 5.95 Å². The fourth-order valence-electron chi connectivity index (χ4n) is 2.88. The SMILES string of the molecule is CS(=O)(=O)c1cccc(Nc2ccnc(Nc3cccc4c3OCC4)n2)c1. The third kappa shape index (κ3) is 3.85. The molecule has 0 radical (unpaired) electrons. The van der Waals surface area contributed by atoms with Crippen LogP contribution in [0.2, 0.25) is 0 Å². The van der Waals surface area contributed by atoms with Gasteiger partial charge in [-0.1, -0.05) is 18.2 Å². The lowest BCUT2D eigenvalue weighted by atomic mass is 10.1. The summed E-state index contributed by atoms with van der Waals surface area (Å²) < 4.78 is 29.1. The minimum Gasteiger partial charge on any atom is -0.491 e. The van der Waals surface area contributed by atoms with Crippen LogP contribution in [0, 0.1) is 0 Å². The van der Waals surface area contributed by atoms with Crippen LogP contribution in [0.25, 0.3) is 0 Å². The van der Waals surface area contributed by atoms with E-state index in [9.17, 15) is 8.42 Å². The van der Waals surface area contributed by atoms with Gasteiger partial charge in [-0.2, -0.15) is 4.98 Å². The number of nitrogens with zero attached hydrogens (tertiary/aromatic N) is 2. The summed E-state index contributed by atoms with van der Waals surface area (Å²) in [6.45, 7) is 0.674. The molecule has 0 saturated heterocycles. The number of hydrogen-bond donors (Lipinski definition) is 2. The molecule has 0 atom stereocenters. The molecule has 138 valence electrons. The van der Waals surface area contributed by atoms with Gasteiger partial charge >= 0.3 is 0 Å². The smallest absolute Gasteiger partial charge is 0.229 e. The molecule has 2 N–H and O–H groups in total. The van der Waals surface area contributed by atoms with Crippen LogP contribution in [-0.4, -0.2) is 31.2 Å². The zero-order valence-corrected chi connectivity index (χ0v) is 15.5. The second kappa shape index (κ2) is 6.88. The summed E-state index contributed by atoms with van der Waals surface area (Å²) in [7, 11) is -3.27. The van der Waals surface area contributed by atoms with Crippen molar-refractivity contribution < 1.29 is 13.2 Å². The number of nitrogens with one attached hydrogen (secondary N) is 2. The molecule has 0 saturated carbocycles. The first-order valence-corrected chi connectivity index (χ1v) is 10.3. The van der Waals surface area contributed by atoms with Gasteiger partial charge < -0.3 is 15.4 Å². The van der Waals surface area contributed by atoms with E-state index < -0.39 is 9.84 Å². The maximum absolute atomic E-state index is 11.7. The molecule has 7 nitrogen and oxygen atoms in total. The first kappa shape index (κ1) is 17.3. The number of rotatable bonds is 5. The molecule has 0 bridgehead atoms. The highest BCUT2D eigenvalue weighted by Gasteiger charge is 2.16. The van der Waals surface area contributed by atoms with Crippen molar-refractivity contribution in [3.8, 4) is 5.75 Å². The van der Waals surface area contributed by atoms with Crippen molar-refractivity contribution in [3.05, 3.63) is 60.3 Å². The Kier molecular flexibility index (Phi) is 4.41. The highest BCUT2D eigenvalue weighted by atomic mass is 32.2. The van der Waals surface area contributed by atoms with Gasteiger partial charge in [-0.15, -0.1) is 0 Å². The molecule has 2 aromatic carbocycles. The van der Waals surface area contributed by atoms with Crippen LogP contribution >= 0.6 is 0 Å². The molecule has 1 aliphatic heterocycles. The summed E-state index contributed by atoms with van der Waals surface area (Å²) in [4.78, 5) is 8.93. The maximum atomic E-state index is 11.7. The monoisotopic (exact) mass is 382 g/mol. The van der Waals surface area contributed by atoms with Gasteiger partial charge in [0.15, 0.2) is 9.84 Å². The largest absolute Gasteiger partial charge is 0.491 e. The van der Waals surface area contributed by atoms with Crippen LogP contribution in [0.4, 0.5) is 23.1 Å². The molecule has 0 unspecified atom stereocenters. The van der Waals surface area contributed by atoms with E-state index in [1.807, 2.05) is 18.2 Å². The van der Waals surface area contributed by atoms with E-state index in [0.29, 0.717) is 24.1 Å². The molecular weight excluding hydrogens is 364 g/mol. The maximum Gasteiger partial charge on any atom is 0.229 e. The van der Waals surface area contributed by atoms with Crippen molar-refractivity contribution in [1.82, 2.24) is 9.97 Å². The van der Waals surface area contributed by atoms with Crippen LogP contribution in [0.15, 0.2) is 59.6 Å². The van der Waals surface area contributed by atoms with Crippen molar-refractivity contribution >= 4 is 33.0 Å². The quantitative estimate of drug-likeness (QED) is 0.699. The zero-order valence-electron chi connectivity index (χ0n) is 14.6. The second-order valence-electron chi connectivity index (χ2n) is 6.21. The third-order valence-corrected chi connectivity index (χ3v) is 5.26. The summed E-state index contributed by atoms with van der Waals surface area (Å²) in [6, 6.07) is 14.2. The molecule has 0 amide bonds. The van der Waals surface area contributed by atoms with Crippen LogP contribution in [0.5, 0.6) is 5.75 Å². The molecule has 27 heavy (non-hydrogen) atoms. The Balaban J connectivity index is 1.56. The topological polar surface area (TPSA) is 93.2 Å². The van der Waals surface area contributed by atoms with Gasteiger partial charge in [0.1, 0.15) is 11.6 Å². The molecule has 0 spiro atoms. The highest BCUT2D eigenvalue weighted by Crippen LogP contribution is 2.34. The number of benzene rings is 2. The number of aromatic nitrogens is 2. The van der Waals surface area contributed by atoms with Gasteiger partial charge in [0.05, 0.1) is 17.2 Å². The predicted molar refractivity (Wildman–Crippen MR) is 104 cm³/mol. The lowest BCUT2D eigenvalue weighted by molar-refractivity contribution is 0.358. The minimum atomic E-state index is -3.27. The number of hydrogen-bond acceptors (Lipinski definition) is 7. The van der Waals surface area contributed by atoms with Crippen molar-refractivity contribution in [3.63, 3.8) is 0 Å². The fourth-order valence-corrected chi connectivity index (χ4v) is 3.54. The average Bonchev–Trinajstić information content (AvgIpc) is 3.11. The fraction of sp³-hybridized carbons (Fsp3) is 0.158. The minimum absolute atomic E-state index is 0.247. The molecular formula is C19H18N4O3S. The van der Waals surface area contributed by atoms with Crippen LogP contribution in [-0.2, 0) is 16.3 Å². The summed E-state index contributed by atoms with van der Waals surface area (Å²) in [6.07, 6.45) is 3.70. The Morgan fingerprint density at radius 1 is 1.07 bits per heavy atom. The average molecular weight is 382 g/mol. The predicted octanol–water partition coefficient (Wildman–Crippen LogP) is 3.30. The molecule has 2 heterocycles. The number of para-hydroxylation sites is 1. The van der Waals surface area contributed by atoms with Crippen molar-refractivity contribution in [2.24, 2.45) is 0 Å². The van der Waals surface area contributed by atoms with Gasteiger partial charge in [-0.05, 0) is 35.9 Å². The van der Waals surface area contributed by atoms with Gasteiger partial charge in [0.25, 0.3) is 0 Å². The normalized spacial score (nSPS) is 12.9. The number of anilines is 4. The van der Waals surface area contributed by atoms with Crippen LogP contribution < -0.4 is 15.4 Å². The van der Waals surface area contributed by atoms with Crippen molar-refractivity contribution in [1.29, 1.82) is 0 Å². The van der Waals surface area contributed by atoms with Gasteiger partial charge in [-0.25, -0.2) is 13.4 Å².